The van der Waals surface area contributed by atoms with Gasteiger partial charge in [-0.25, -0.2) is 4.98 Å². The van der Waals surface area contributed by atoms with E-state index in [1.165, 1.54) is 0 Å². The molecule has 2 aromatic heterocycles. The molecule has 3 aromatic rings. The molecule has 1 atom stereocenters. The maximum Gasteiger partial charge on any atom is 0.168 e. The van der Waals surface area contributed by atoms with Crippen LogP contribution in [-0.4, -0.2) is 38.6 Å². The summed E-state index contributed by atoms with van der Waals surface area (Å²) in [7, 11) is 0. The molecule has 7 nitrogen and oxygen atoms in total. The average Bonchev–Trinajstić information content (AvgIpc) is 3.21. The normalized spacial score (nSPS) is 17.1. The van der Waals surface area contributed by atoms with E-state index in [0.29, 0.717) is 23.4 Å². The predicted molar refractivity (Wildman–Crippen MR) is 113 cm³/mol. The number of aromatic nitrogens is 3. The van der Waals surface area contributed by atoms with Gasteiger partial charge in [0, 0.05) is 30.8 Å². The molecule has 30 heavy (non-hydrogen) atoms. The van der Waals surface area contributed by atoms with Gasteiger partial charge in [0.15, 0.2) is 11.4 Å². The fourth-order valence-corrected chi connectivity index (χ4v) is 3.88. The van der Waals surface area contributed by atoms with Crippen LogP contribution in [0.5, 0.6) is 0 Å². The first-order chi connectivity index (χ1) is 14.3. The second-order valence-electron chi connectivity index (χ2n) is 8.36. The molecule has 0 radical (unpaired) electrons. The quantitative estimate of drug-likeness (QED) is 0.658. The molecule has 4 rings (SSSR count). The van der Waals surface area contributed by atoms with Crippen LogP contribution in [0.25, 0.3) is 5.65 Å². The summed E-state index contributed by atoms with van der Waals surface area (Å²) in [4.78, 5) is 19.6. The zero-order valence-electron chi connectivity index (χ0n) is 17.2. The number of rotatable bonds is 5. The lowest BCUT2D eigenvalue weighted by Gasteiger charge is -2.31. The van der Waals surface area contributed by atoms with Crippen LogP contribution in [0.4, 0.5) is 5.82 Å². The number of carbonyl (C=O) groups is 1. The molecule has 1 N–H and O–H groups in total. The van der Waals surface area contributed by atoms with Gasteiger partial charge in [0.2, 0.25) is 0 Å². The third-order valence-electron chi connectivity index (χ3n) is 5.58. The minimum Gasteiger partial charge on any atom is -0.386 e. The van der Waals surface area contributed by atoms with Gasteiger partial charge in [-0.05, 0) is 32.3 Å². The van der Waals surface area contributed by atoms with Gasteiger partial charge in [-0.2, -0.15) is 14.9 Å². The Balaban J connectivity index is 1.60. The van der Waals surface area contributed by atoms with Crippen LogP contribution >= 0.6 is 0 Å². The molecule has 1 fully saturated rings. The second kappa shape index (κ2) is 7.88. The predicted octanol–water partition coefficient (Wildman–Crippen LogP) is 3.12. The van der Waals surface area contributed by atoms with E-state index in [1.807, 2.05) is 12.1 Å². The van der Waals surface area contributed by atoms with Gasteiger partial charge in [-0.3, -0.25) is 4.79 Å². The number of nitriles is 1. The number of benzene rings is 1. The summed E-state index contributed by atoms with van der Waals surface area (Å²) >= 11 is 0. The smallest absolute Gasteiger partial charge is 0.168 e. The van der Waals surface area contributed by atoms with Gasteiger partial charge < -0.3 is 10.0 Å². The van der Waals surface area contributed by atoms with Crippen molar-refractivity contribution in [2.75, 3.05) is 18.0 Å². The highest BCUT2D eigenvalue weighted by Gasteiger charge is 2.23. The van der Waals surface area contributed by atoms with Gasteiger partial charge in [0.1, 0.15) is 5.82 Å². The summed E-state index contributed by atoms with van der Waals surface area (Å²) in [6, 6.07) is 13.1. The van der Waals surface area contributed by atoms with Crippen LogP contribution in [0.2, 0.25) is 0 Å². The van der Waals surface area contributed by atoms with Gasteiger partial charge >= 0.3 is 0 Å². The number of aliphatic hydroxyl groups is 1. The largest absolute Gasteiger partial charge is 0.386 e. The van der Waals surface area contributed by atoms with Crippen LogP contribution in [0.3, 0.4) is 0 Å². The molecule has 1 aromatic carbocycles. The van der Waals surface area contributed by atoms with Gasteiger partial charge in [0.25, 0.3) is 0 Å². The number of ketones is 1. The molecule has 3 heterocycles. The fraction of sp³-hybridized carbons (Fsp3) is 0.391. The summed E-state index contributed by atoms with van der Waals surface area (Å²) in [5.41, 5.74) is 1.76. The molecule has 0 spiro atoms. The zero-order valence-corrected chi connectivity index (χ0v) is 17.2. The molecule has 0 saturated carbocycles. The molecule has 1 saturated heterocycles. The topological polar surface area (TPSA) is 94.5 Å². The Bertz CT molecular complexity index is 1110. The van der Waals surface area contributed by atoms with E-state index >= 15 is 0 Å². The summed E-state index contributed by atoms with van der Waals surface area (Å²) in [6.07, 6.45) is 3.72. The Morgan fingerprint density at radius 2 is 2.07 bits per heavy atom. The van der Waals surface area contributed by atoms with Crippen molar-refractivity contribution in [1.29, 1.82) is 5.26 Å². The Morgan fingerprint density at radius 1 is 1.30 bits per heavy atom. The number of piperidine rings is 1. The van der Waals surface area contributed by atoms with Gasteiger partial charge in [-0.1, -0.05) is 24.3 Å². The maximum atomic E-state index is 12.9. The van der Waals surface area contributed by atoms with E-state index in [4.69, 9.17) is 0 Å². The molecule has 1 unspecified atom stereocenters. The van der Waals surface area contributed by atoms with Crippen molar-refractivity contribution in [3.8, 4) is 6.07 Å². The van der Waals surface area contributed by atoms with Crippen molar-refractivity contribution in [3.05, 3.63) is 59.4 Å². The zero-order chi connectivity index (χ0) is 21.3. The standard InChI is InChI=1S/C23H25N5O2/c1-23(2,30)18-7-5-17(6-8-18)20(29)12-19-13-22(28-21(26-19)9-10-25-28)27-11-3-4-16(14-24)15-27/h5-10,13,16,30H,3-4,11-12,15H2,1-2H3. The van der Waals surface area contributed by atoms with Crippen LogP contribution in [0.15, 0.2) is 42.6 Å². The average molecular weight is 403 g/mol. The first-order valence-corrected chi connectivity index (χ1v) is 10.2. The molecule has 0 aliphatic carbocycles. The number of nitrogens with zero attached hydrogens (tertiary/aromatic N) is 5. The van der Waals surface area contributed by atoms with Crippen molar-refractivity contribution >= 4 is 17.2 Å². The fourth-order valence-electron chi connectivity index (χ4n) is 3.88. The van der Waals surface area contributed by atoms with Crippen LogP contribution in [0, 0.1) is 17.2 Å². The van der Waals surface area contributed by atoms with Crippen LogP contribution in [-0.2, 0) is 12.0 Å². The molecular formula is C23H25N5O2. The molecule has 7 heteroatoms. The Morgan fingerprint density at radius 3 is 2.77 bits per heavy atom. The second-order valence-corrected chi connectivity index (χ2v) is 8.36. The molecule has 0 bridgehead atoms. The summed E-state index contributed by atoms with van der Waals surface area (Å²) in [6.45, 7) is 4.94. The lowest BCUT2D eigenvalue weighted by molar-refractivity contribution is 0.0784. The van der Waals surface area contributed by atoms with E-state index in [2.05, 4.69) is 21.1 Å². The SMILES string of the molecule is CC(C)(O)c1ccc(C(=O)Cc2cc(N3CCCC(C#N)C3)n3nccc3n2)cc1. The van der Waals surface area contributed by atoms with E-state index in [1.54, 1.807) is 48.8 Å². The molecule has 1 aliphatic rings. The molecule has 1 aliphatic heterocycles. The minimum atomic E-state index is -0.944. The Hall–Kier alpha value is -3.24. The lowest BCUT2D eigenvalue weighted by Crippen LogP contribution is -2.36. The number of carbonyl (C=O) groups excluding carboxylic acids is 1. The number of Topliss-reactive ketones (excluding diaryl/α,β-unsaturated/α-hetero) is 1. The Kier molecular flexibility index (Phi) is 5.27. The lowest BCUT2D eigenvalue weighted by atomic mass is 9.96. The first-order valence-electron chi connectivity index (χ1n) is 10.2. The monoisotopic (exact) mass is 403 g/mol. The van der Waals surface area contributed by atoms with E-state index in [9.17, 15) is 15.2 Å². The summed E-state index contributed by atoms with van der Waals surface area (Å²) < 4.78 is 1.77. The highest BCUT2D eigenvalue weighted by Crippen LogP contribution is 2.25. The van der Waals surface area contributed by atoms with Crippen molar-refractivity contribution < 1.29 is 9.90 Å². The van der Waals surface area contributed by atoms with Gasteiger partial charge in [0.05, 0.1) is 35.9 Å². The van der Waals surface area contributed by atoms with E-state index in [-0.39, 0.29) is 18.1 Å². The number of fused-ring (bicyclic) bond motifs is 1. The van der Waals surface area contributed by atoms with E-state index < -0.39 is 5.60 Å². The number of hydrogen-bond donors (Lipinski definition) is 1. The van der Waals surface area contributed by atoms with Gasteiger partial charge in [-0.15, -0.1) is 0 Å². The van der Waals surface area contributed by atoms with E-state index in [0.717, 1.165) is 30.8 Å². The Labute approximate surface area is 175 Å². The summed E-state index contributed by atoms with van der Waals surface area (Å²) in [5, 5.41) is 23.8. The first kappa shape index (κ1) is 20.0. The van der Waals surface area contributed by atoms with Crippen LogP contribution < -0.4 is 4.90 Å². The highest BCUT2D eigenvalue weighted by atomic mass is 16.3. The summed E-state index contributed by atoms with van der Waals surface area (Å²) in [5.74, 6) is 0.829. The third kappa shape index (κ3) is 4.05. The maximum absolute atomic E-state index is 12.9. The molecule has 0 amide bonds. The molecule has 154 valence electrons. The minimum absolute atomic E-state index is 0.00287. The number of anilines is 1. The van der Waals surface area contributed by atoms with Crippen molar-refractivity contribution in [2.24, 2.45) is 5.92 Å². The van der Waals surface area contributed by atoms with Crippen molar-refractivity contribution in [2.45, 2.75) is 38.7 Å². The molecular weight excluding hydrogens is 378 g/mol. The van der Waals surface area contributed by atoms with Crippen LogP contribution in [0.1, 0.15) is 48.3 Å². The highest BCUT2D eigenvalue weighted by molar-refractivity contribution is 5.97. The number of hydrogen-bond acceptors (Lipinski definition) is 6. The van der Waals surface area contributed by atoms with Crippen molar-refractivity contribution in [1.82, 2.24) is 14.6 Å². The van der Waals surface area contributed by atoms with Crippen molar-refractivity contribution in [3.63, 3.8) is 0 Å². The third-order valence-corrected chi connectivity index (χ3v) is 5.58.